The summed E-state index contributed by atoms with van der Waals surface area (Å²) in [6, 6.07) is 1.23. The Morgan fingerprint density at radius 3 is 2.20 bits per heavy atom. The van der Waals surface area contributed by atoms with Gasteiger partial charge in [-0.1, -0.05) is 0 Å². The Labute approximate surface area is 117 Å². The Hall–Kier alpha value is -1.98. The number of nitrogens with zero attached hydrogens (tertiary/aromatic N) is 1. The minimum absolute atomic E-state index is 0.0323. The summed E-state index contributed by atoms with van der Waals surface area (Å²) in [5.74, 6) is -1.91. The second-order valence-corrected chi connectivity index (χ2v) is 4.46. The van der Waals surface area contributed by atoms with Crippen molar-refractivity contribution >= 4 is 11.9 Å². The minimum Gasteiger partial charge on any atom is -0.465 e. The molecule has 1 aromatic rings. The normalized spacial score (nSPS) is 11.0. The first-order valence-electron chi connectivity index (χ1n) is 6.38. The summed E-state index contributed by atoms with van der Waals surface area (Å²) in [6.07, 6.45) is 2.42. The van der Waals surface area contributed by atoms with Gasteiger partial charge in [0.1, 0.15) is 5.82 Å². The molecule has 6 heteroatoms. The molecule has 1 rings (SSSR count). The molecule has 0 aliphatic rings. The van der Waals surface area contributed by atoms with Crippen molar-refractivity contribution in [1.29, 1.82) is 0 Å². The summed E-state index contributed by atoms with van der Waals surface area (Å²) in [4.78, 5) is 27.8. The lowest BCUT2D eigenvalue weighted by molar-refractivity contribution is -0.170. The van der Waals surface area contributed by atoms with Gasteiger partial charge >= 0.3 is 11.9 Å². The molecule has 0 aliphatic heterocycles. The first kappa shape index (κ1) is 16.1. The summed E-state index contributed by atoms with van der Waals surface area (Å²) in [7, 11) is 0. The van der Waals surface area contributed by atoms with Crippen LogP contribution in [0.3, 0.4) is 0 Å². The number of hydrogen-bond donors (Lipinski definition) is 0. The Morgan fingerprint density at radius 2 is 1.75 bits per heavy atom. The molecule has 1 aromatic heterocycles. The van der Waals surface area contributed by atoms with Gasteiger partial charge in [-0.3, -0.25) is 14.6 Å². The van der Waals surface area contributed by atoms with Crippen LogP contribution in [0.4, 0.5) is 4.39 Å². The van der Waals surface area contributed by atoms with Crippen LogP contribution in [0.15, 0.2) is 18.5 Å². The van der Waals surface area contributed by atoms with E-state index >= 15 is 0 Å². The van der Waals surface area contributed by atoms with E-state index < -0.39 is 23.2 Å². The van der Waals surface area contributed by atoms with Crippen molar-refractivity contribution in [1.82, 2.24) is 4.98 Å². The standard InChI is InChI=1S/C14H18FNO4/c1-4-19-12(17)14(3,13(18)20-5-2)7-10-6-11(15)9-16-8-10/h6,8-9H,4-5,7H2,1-3H3. The second kappa shape index (κ2) is 6.98. The molecule has 1 heterocycles. The number of carbonyl (C=O) groups excluding carboxylic acids is 2. The highest BCUT2D eigenvalue weighted by Crippen LogP contribution is 2.26. The lowest BCUT2D eigenvalue weighted by Crippen LogP contribution is -2.41. The molecule has 0 fully saturated rings. The first-order valence-corrected chi connectivity index (χ1v) is 6.38. The highest BCUT2D eigenvalue weighted by atomic mass is 19.1. The zero-order valence-electron chi connectivity index (χ0n) is 11.8. The van der Waals surface area contributed by atoms with E-state index in [1.165, 1.54) is 19.2 Å². The molecule has 0 aliphatic carbocycles. The quantitative estimate of drug-likeness (QED) is 0.589. The van der Waals surface area contributed by atoms with E-state index in [0.29, 0.717) is 5.56 Å². The molecule has 0 amide bonds. The molecule has 0 aromatic carbocycles. The SMILES string of the molecule is CCOC(=O)C(C)(Cc1cncc(F)c1)C(=O)OCC. The van der Waals surface area contributed by atoms with Gasteiger partial charge in [0.15, 0.2) is 5.41 Å². The molecule has 0 bridgehead atoms. The number of hydrogen-bond acceptors (Lipinski definition) is 5. The van der Waals surface area contributed by atoms with Gasteiger partial charge in [-0.2, -0.15) is 0 Å². The van der Waals surface area contributed by atoms with Crippen LogP contribution in [0.25, 0.3) is 0 Å². The van der Waals surface area contributed by atoms with Crippen molar-refractivity contribution in [3.63, 3.8) is 0 Å². The topological polar surface area (TPSA) is 65.5 Å². The van der Waals surface area contributed by atoms with Gasteiger partial charge in [0, 0.05) is 12.6 Å². The average Bonchev–Trinajstić information content (AvgIpc) is 2.39. The first-order chi connectivity index (χ1) is 9.43. The maximum Gasteiger partial charge on any atom is 0.323 e. The molecular formula is C14H18FNO4. The predicted octanol–water partition coefficient (Wildman–Crippen LogP) is 1.90. The van der Waals surface area contributed by atoms with Crippen LogP contribution in [0.2, 0.25) is 0 Å². The summed E-state index contributed by atoms with van der Waals surface area (Å²) in [5.41, 5.74) is -1.09. The Kier molecular flexibility index (Phi) is 5.61. The molecule has 0 saturated carbocycles. The number of rotatable bonds is 6. The third-order valence-electron chi connectivity index (χ3n) is 2.77. The van der Waals surface area contributed by atoms with Gasteiger partial charge in [-0.25, -0.2) is 4.39 Å². The molecule has 0 atom stereocenters. The average molecular weight is 283 g/mol. The van der Waals surface area contributed by atoms with Crippen LogP contribution in [0.1, 0.15) is 26.3 Å². The monoisotopic (exact) mass is 283 g/mol. The van der Waals surface area contributed by atoms with Gasteiger partial charge in [0.05, 0.1) is 19.4 Å². The van der Waals surface area contributed by atoms with Crippen LogP contribution < -0.4 is 0 Å². The Bertz CT molecular complexity index is 472. The fourth-order valence-electron chi connectivity index (χ4n) is 1.77. The predicted molar refractivity (Wildman–Crippen MR) is 69.3 cm³/mol. The maximum atomic E-state index is 13.1. The van der Waals surface area contributed by atoms with E-state index in [1.807, 2.05) is 0 Å². The lowest BCUT2D eigenvalue weighted by Gasteiger charge is -2.24. The molecule has 5 nitrogen and oxygen atoms in total. The van der Waals surface area contributed by atoms with Crippen molar-refractivity contribution in [3.05, 3.63) is 29.8 Å². The molecule has 110 valence electrons. The highest BCUT2D eigenvalue weighted by Gasteiger charge is 2.44. The third kappa shape index (κ3) is 3.76. The molecule has 0 unspecified atom stereocenters. The van der Waals surface area contributed by atoms with Crippen LogP contribution in [0, 0.1) is 11.2 Å². The van der Waals surface area contributed by atoms with Crippen LogP contribution in [-0.2, 0) is 25.5 Å². The number of pyridine rings is 1. The zero-order chi connectivity index (χ0) is 15.2. The smallest absolute Gasteiger partial charge is 0.323 e. The van der Waals surface area contributed by atoms with Gasteiger partial charge in [-0.15, -0.1) is 0 Å². The second-order valence-electron chi connectivity index (χ2n) is 4.46. The van der Waals surface area contributed by atoms with Crippen molar-refractivity contribution < 1.29 is 23.5 Å². The van der Waals surface area contributed by atoms with E-state index in [1.54, 1.807) is 13.8 Å². The Balaban J connectivity index is 3.04. The molecule has 0 saturated heterocycles. The van der Waals surface area contributed by atoms with Crippen LogP contribution >= 0.6 is 0 Å². The van der Waals surface area contributed by atoms with Crippen molar-refractivity contribution in [2.45, 2.75) is 27.2 Å². The van der Waals surface area contributed by atoms with Gasteiger partial charge in [0.25, 0.3) is 0 Å². The van der Waals surface area contributed by atoms with E-state index in [2.05, 4.69) is 4.98 Å². The molecule has 0 radical (unpaired) electrons. The summed E-state index contributed by atoms with van der Waals surface area (Å²) >= 11 is 0. The number of aromatic nitrogens is 1. The largest absolute Gasteiger partial charge is 0.465 e. The molecule has 0 N–H and O–H groups in total. The fraction of sp³-hybridized carbons (Fsp3) is 0.500. The highest BCUT2D eigenvalue weighted by molar-refractivity contribution is 5.99. The van der Waals surface area contributed by atoms with Crippen molar-refractivity contribution in [3.8, 4) is 0 Å². The van der Waals surface area contributed by atoms with E-state index in [0.717, 1.165) is 6.20 Å². The molecule has 0 spiro atoms. The van der Waals surface area contributed by atoms with Crippen molar-refractivity contribution in [2.75, 3.05) is 13.2 Å². The lowest BCUT2D eigenvalue weighted by atomic mass is 9.84. The summed E-state index contributed by atoms with van der Waals surface area (Å²) in [5, 5.41) is 0. The number of ether oxygens (including phenoxy) is 2. The summed E-state index contributed by atoms with van der Waals surface area (Å²) in [6.45, 7) is 5.01. The molecular weight excluding hydrogens is 265 g/mol. The number of carbonyl (C=O) groups is 2. The fourth-order valence-corrected chi connectivity index (χ4v) is 1.77. The Morgan fingerprint density at radius 1 is 1.20 bits per heavy atom. The number of halogens is 1. The van der Waals surface area contributed by atoms with Gasteiger partial charge in [0.2, 0.25) is 0 Å². The van der Waals surface area contributed by atoms with E-state index in [9.17, 15) is 14.0 Å². The van der Waals surface area contributed by atoms with Crippen molar-refractivity contribution in [2.24, 2.45) is 5.41 Å². The van der Waals surface area contributed by atoms with E-state index in [4.69, 9.17) is 9.47 Å². The summed E-state index contributed by atoms with van der Waals surface area (Å²) < 4.78 is 23.0. The maximum absolute atomic E-state index is 13.1. The minimum atomic E-state index is -1.51. The van der Waals surface area contributed by atoms with Crippen LogP contribution in [0.5, 0.6) is 0 Å². The van der Waals surface area contributed by atoms with Crippen LogP contribution in [-0.4, -0.2) is 30.1 Å². The van der Waals surface area contributed by atoms with Gasteiger partial charge < -0.3 is 9.47 Å². The third-order valence-corrected chi connectivity index (χ3v) is 2.77. The molecule has 20 heavy (non-hydrogen) atoms. The zero-order valence-corrected chi connectivity index (χ0v) is 11.8. The van der Waals surface area contributed by atoms with Gasteiger partial charge in [-0.05, 0) is 32.4 Å². The van der Waals surface area contributed by atoms with E-state index in [-0.39, 0.29) is 19.6 Å². The number of esters is 2.